The van der Waals surface area contributed by atoms with E-state index in [0.29, 0.717) is 34.8 Å². The summed E-state index contributed by atoms with van der Waals surface area (Å²) in [6, 6.07) is 13.6. The first-order chi connectivity index (χ1) is 13.5. The van der Waals surface area contributed by atoms with E-state index in [1.54, 1.807) is 19.4 Å². The second kappa shape index (κ2) is 8.80. The van der Waals surface area contributed by atoms with E-state index >= 15 is 0 Å². The molecule has 1 heterocycles. The van der Waals surface area contributed by atoms with Crippen LogP contribution in [0.25, 0.3) is 0 Å². The molecule has 3 rings (SSSR count). The van der Waals surface area contributed by atoms with Gasteiger partial charge < -0.3 is 20.5 Å². The summed E-state index contributed by atoms with van der Waals surface area (Å²) in [5.41, 5.74) is 8.16. The zero-order valence-electron chi connectivity index (χ0n) is 16.1. The molecule has 6 nitrogen and oxygen atoms in total. The van der Waals surface area contributed by atoms with Gasteiger partial charge in [-0.25, -0.2) is 4.98 Å². The maximum atomic E-state index is 6.26. The van der Waals surface area contributed by atoms with E-state index in [9.17, 15) is 0 Å². The number of anilines is 2. The summed E-state index contributed by atoms with van der Waals surface area (Å²) in [6.45, 7) is 4.73. The number of hydrogen-bond donors (Lipinski definition) is 2. The van der Waals surface area contributed by atoms with Gasteiger partial charge in [0.15, 0.2) is 11.6 Å². The molecule has 3 N–H and O–H groups in total. The van der Waals surface area contributed by atoms with Crippen LogP contribution in [0.3, 0.4) is 0 Å². The van der Waals surface area contributed by atoms with Crippen LogP contribution in [-0.2, 0) is 6.54 Å². The molecule has 0 atom stereocenters. The predicted molar refractivity (Wildman–Crippen MR) is 112 cm³/mol. The molecule has 0 bridgehead atoms. The molecular weight excluding hydrogens is 376 g/mol. The van der Waals surface area contributed by atoms with Crippen LogP contribution in [0, 0.1) is 0 Å². The van der Waals surface area contributed by atoms with Crippen LogP contribution in [0.15, 0.2) is 48.7 Å². The number of hydrogen-bond acceptors (Lipinski definition) is 6. The highest BCUT2D eigenvalue weighted by Crippen LogP contribution is 2.39. The highest BCUT2D eigenvalue weighted by atomic mass is 35.5. The topological polar surface area (TPSA) is 82.3 Å². The first-order valence-corrected chi connectivity index (χ1v) is 9.31. The Kier molecular flexibility index (Phi) is 6.21. The molecule has 3 aromatic rings. The van der Waals surface area contributed by atoms with E-state index in [1.165, 1.54) is 0 Å². The summed E-state index contributed by atoms with van der Waals surface area (Å²) in [5, 5.41) is 3.61. The van der Waals surface area contributed by atoms with Crippen LogP contribution < -0.4 is 20.5 Å². The van der Waals surface area contributed by atoms with Crippen molar-refractivity contribution >= 4 is 23.4 Å². The smallest absolute Gasteiger partial charge is 0.225 e. The summed E-state index contributed by atoms with van der Waals surface area (Å²) < 4.78 is 11.3. The summed E-state index contributed by atoms with van der Waals surface area (Å²) in [7, 11) is 1.58. The molecule has 0 radical (unpaired) electrons. The number of nitrogens with two attached hydrogens (primary N) is 1. The molecule has 0 amide bonds. The van der Waals surface area contributed by atoms with Crippen molar-refractivity contribution in [2.45, 2.75) is 26.3 Å². The van der Waals surface area contributed by atoms with E-state index in [0.717, 1.165) is 11.1 Å². The highest BCUT2D eigenvalue weighted by molar-refractivity contribution is 6.32. The molecule has 0 saturated heterocycles. The average Bonchev–Trinajstić information content (AvgIpc) is 2.69. The number of nitrogens with zero attached hydrogens (tertiary/aromatic N) is 2. The van der Waals surface area contributed by atoms with Crippen molar-refractivity contribution in [3.05, 3.63) is 64.8 Å². The van der Waals surface area contributed by atoms with Crippen LogP contribution in [-0.4, -0.2) is 17.1 Å². The zero-order chi connectivity index (χ0) is 20.1. The maximum Gasteiger partial charge on any atom is 0.225 e. The number of benzene rings is 2. The summed E-state index contributed by atoms with van der Waals surface area (Å²) >= 11 is 6.26. The Morgan fingerprint density at radius 2 is 1.86 bits per heavy atom. The lowest BCUT2D eigenvalue weighted by molar-refractivity contribution is 0.411. The summed E-state index contributed by atoms with van der Waals surface area (Å²) in [4.78, 5) is 8.58. The molecule has 7 heteroatoms. The van der Waals surface area contributed by atoms with Gasteiger partial charge in [-0.05, 0) is 17.5 Å². The lowest BCUT2D eigenvalue weighted by atomic mass is 10.0. The van der Waals surface area contributed by atoms with Gasteiger partial charge in [0.2, 0.25) is 5.95 Å². The van der Waals surface area contributed by atoms with Crippen molar-refractivity contribution in [3.8, 4) is 17.2 Å². The van der Waals surface area contributed by atoms with Gasteiger partial charge in [0.05, 0.1) is 18.3 Å². The second-order valence-electron chi connectivity index (χ2n) is 6.56. The largest absolute Gasteiger partial charge is 0.495 e. The van der Waals surface area contributed by atoms with Crippen molar-refractivity contribution in [2.75, 3.05) is 18.2 Å². The third-order valence-electron chi connectivity index (χ3n) is 4.20. The van der Waals surface area contributed by atoms with E-state index in [-0.39, 0.29) is 11.7 Å². The van der Waals surface area contributed by atoms with E-state index in [4.69, 9.17) is 26.8 Å². The Bertz CT molecular complexity index is 949. The Hall–Kier alpha value is -2.99. The monoisotopic (exact) mass is 398 g/mol. The Morgan fingerprint density at radius 3 is 2.50 bits per heavy atom. The van der Waals surface area contributed by atoms with Gasteiger partial charge >= 0.3 is 0 Å². The van der Waals surface area contributed by atoms with Gasteiger partial charge in [-0.3, -0.25) is 0 Å². The van der Waals surface area contributed by atoms with Gasteiger partial charge in [0.1, 0.15) is 11.5 Å². The van der Waals surface area contributed by atoms with Crippen LogP contribution in [0.4, 0.5) is 11.8 Å². The fraction of sp³-hybridized carbons (Fsp3) is 0.238. The van der Waals surface area contributed by atoms with Gasteiger partial charge in [-0.1, -0.05) is 55.8 Å². The summed E-state index contributed by atoms with van der Waals surface area (Å²) in [5.74, 6) is 2.45. The standard InChI is InChI=1S/C21H23ClN4O2/c1-13(2)15-9-18(27-3)16(22)10-17(15)28-19-12-25-21(26-20(19)23)24-11-14-7-5-4-6-8-14/h4-10,12-13H,11H2,1-3H3,(H3,23,24,25,26). The van der Waals surface area contributed by atoms with Crippen molar-refractivity contribution in [3.63, 3.8) is 0 Å². The SMILES string of the molecule is COc1cc(C(C)C)c(Oc2cnc(NCc3ccccc3)nc2N)cc1Cl. The molecule has 0 aliphatic rings. The fourth-order valence-corrected chi connectivity index (χ4v) is 2.92. The molecule has 2 aromatic carbocycles. The van der Waals surface area contributed by atoms with Crippen molar-refractivity contribution < 1.29 is 9.47 Å². The number of nitrogens with one attached hydrogen (secondary N) is 1. The van der Waals surface area contributed by atoms with E-state index in [1.807, 2.05) is 36.4 Å². The number of methoxy groups -OCH3 is 1. The van der Waals surface area contributed by atoms with Gasteiger partial charge in [-0.2, -0.15) is 4.98 Å². The molecule has 1 aromatic heterocycles. The minimum atomic E-state index is 0.204. The van der Waals surface area contributed by atoms with Crippen molar-refractivity contribution in [1.29, 1.82) is 0 Å². The van der Waals surface area contributed by atoms with Crippen LogP contribution in [0.1, 0.15) is 30.9 Å². The Morgan fingerprint density at radius 1 is 1.11 bits per heavy atom. The highest BCUT2D eigenvalue weighted by Gasteiger charge is 2.16. The average molecular weight is 399 g/mol. The van der Waals surface area contributed by atoms with Crippen LogP contribution >= 0.6 is 11.6 Å². The van der Waals surface area contributed by atoms with Gasteiger partial charge in [0, 0.05) is 18.2 Å². The zero-order valence-corrected chi connectivity index (χ0v) is 16.8. The first-order valence-electron chi connectivity index (χ1n) is 8.93. The molecule has 28 heavy (non-hydrogen) atoms. The molecule has 0 spiro atoms. The number of halogens is 1. The fourth-order valence-electron chi connectivity index (χ4n) is 2.69. The second-order valence-corrected chi connectivity index (χ2v) is 6.97. The van der Waals surface area contributed by atoms with Crippen molar-refractivity contribution in [1.82, 2.24) is 9.97 Å². The minimum Gasteiger partial charge on any atom is -0.495 e. The van der Waals surface area contributed by atoms with Crippen LogP contribution in [0.2, 0.25) is 5.02 Å². The lowest BCUT2D eigenvalue weighted by Gasteiger charge is -2.17. The first kappa shape index (κ1) is 19.8. The van der Waals surface area contributed by atoms with Crippen LogP contribution in [0.5, 0.6) is 17.2 Å². The van der Waals surface area contributed by atoms with E-state index < -0.39 is 0 Å². The molecule has 0 unspecified atom stereocenters. The summed E-state index contributed by atoms with van der Waals surface area (Å²) in [6.07, 6.45) is 1.55. The number of ether oxygens (including phenoxy) is 2. The molecule has 0 saturated carbocycles. The van der Waals surface area contributed by atoms with Gasteiger partial charge in [0.25, 0.3) is 0 Å². The molecule has 146 valence electrons. The quantitative estimate of drug-likeness (QED) is 0.565. The van der Waals surface area contributed by atoms with Gasteiger partial charge in [-0.15, -0.1) is 0 Å². The maximum absolute atomic E-state index is 6.26. The third-order valence-corrected chi connectivity index (χ3v) is 4.50. The number of aromatic nitrogens is 2. The molecule has 0 aliphatic carbocycles. The Labute approximate surface area is 169 Å². The normalized spacial score (nSPS) is 10.8. The lowest BCUT2D eigenvalue weighted by Crippen LogP contribution is -2.06. The molecular formula is C21H23ClN4O2. The van der Waals surface area contributed by atoms with E-state index in [2.05, 4.69) is 29.1 Å². The minimum absolute atomic E-state index is 0.204. The molecule has 0 aliphatic heterocycles. The number of nitrogen functional groups attached to an aromatic ring is 1. The molecule has 0 fully saturated rings. The Balaban J connectivity index is 1.79. The third kappa shape index (κ3) is 4.64. The van der Waals surface area contributed by atoms with Crippen molar-refractivity contribution in [2.24, 2.45) is 0 Å². The predicted octanol–water partition coefficient (Wildman–Crippen LogP) is 5.25. The number of rotatable bonds is 7.